The van der Waals surface area contributed by atoms with Crippen LogP contribution in [0.2, 0.25) is 0 Å². The Morgan fingerprint density at radius 3 is 2.75 bits per heavy atom. The van der Waals surface area contributed by atoms with Crippen LogP contribution in [0.4, 0.5) is 0 Å². The van der Waals surface area contributed by atoms with Crippen LogP contribution < -0.4 is 9.62 Å². The zero-order valence-corrected chi connectivity index (χ0v) is 14.3. The van der Waals surface area contributed by atoms with Gasteiger partial charge in [-0.15, -0.1) is 0 Å². The lowest BCUT2D eigenvalue weighted by atomic mass is 10.1. The maximum Gasteiger partial charge on any atom is 0.361 e. The molecule has 1 saturated heterocycles. The molecule has 2 heterocycles. The largest absolute Gasteiger partial charge is 0.460 e. The number of aliphatic imine (C=N–C) groups is 1. The molecule has 0 amide bonds. The third-order valence-electron chi connectivity index (χ3n) is 4.24. The number of hydrogen-bond donors (Lipinski definition) is 2. The molecule has 7 nitrogen and oxygen atoms in total. The van der Waals surface area contributed by atoms with Gasteiger partial charge in [-0.3, -0.25) is 9.71 Å². The SMILES string of the molecule is O=C(C[NH+]1CCCCC1)OCCN=C1NS(=O)(=O)c2ccccc21. The maximum absolute atomic E-state index is 11.9. The van der Waals surface area contributed by atoms with E-state index in [2.05, 4.69) is 9.71 Å². The Labute approximate surface area is 141 Å². The fourth-order valence-electron chi connectivity index (χ4n) is 3.05. The average Bonchev–Trinajstić information content (AvgIpc) is 2.84. The molecule has 1 fully saturated rings. The topological polar surface area (TPSA) is 89.3 Å². The number of quaternary nitrogens is 1. The number of ether oxygens (including phenoxy) is 1. The number of nitrogens with zero attached hydrogens (tertiary/aromatic N) is 1. The van der Waals surface area contributed by atoms with Crippen molar-refractivity contribution in [2.45, 2.75) is 24.2 Å². The van der Waals surface area contributed by atoms with Crippen molar-refractivity contribution in [1.29, 1.82) is 0 Å². The molecule has 2 aliphatic heterocycles. The molecule has 1 aromatic rings. The third kappa shape index (κ3) is 3.93. The second-order valence-corrected chi connectivity index (χ2v) is 7.69. The van der Waals surface area contributed by atoms with E-state index < -0.39 is 10.0 Å². The highest BCUT2D eigenvalue weighted by atomic mass is 32.2. The van der Waals surface area contributed by atoms with E-state index in [-0.39, 0.29) is 24.0 Å². The highest BCUT2D eigenvalue weighted by molar-refractivity contribution is 7.90. The normalized spacial score (nSPS) is 21.2. The van der Waals surface area contributed by atoms with Gasteiger partial charge in [0.05, 0.1) is 24.5 Å². The van der Waals surface area contributed by atoms with Crippen LogP contribution in [-0.2, 0) is 19.6 Å². The molecular formula is C16H22N3O4S+. The molecule has 0 unspecified atom stereocenters. The number of sulfonamides is 1. The van der Waals surface area contributed by atoms with E-state index in [1.807, 2.05) is 0 Å². The van der Waals surface area contributed by atoms with Crippen LogP contribution in [0, 0.1) is 0 Å². The van der Waals surface area contributed by atoms with Crippen molar-refractivity contribution in [2.75, 3.05) is 32.8 Å². The van der Waals surface area contributed by atoms with E-state index in [0.29, 0.717) is 17.9 Å². The molecule has 8 heteroatoms. The molecular weight excluding hydrogens is 330 g/mol. The predicted octanol–water partition coefficient (Wildman–Crippen LogP) is -0.663. The first kappa shape index (κ1) is 16.9. The lowest BCUT2D eigenvalue weighted by Crippen LogP contribution is -3.13. The molecule has 1 aromatic carbocycles. The van der Waals surface area contributed by atoms with Crippen molar-refractivity contribution in [2.24, 2.45) is 4.99 Å². The van der Waals surface area contributed by atoms with Crippen molar-refractivity contribution >= 4 is 21.8 Å². The summed E-state index contributed by atoms with van der Waals surface area (Å²) in [6, 6.07) is 6.68. The zero-order chi connectivity index (χ0) is 17.0. The van der Waals surface area contributed by atoms with E-state index in [1.165, 1.54) is 11.3 Å². The lowest BCUT2D eigenvalue weighted by Gasteiger charge is -2.22. The van der Waals surface area contributed by atoms with Gasteiger partial charge in [0.25, 0.3) is 10.0 Å². The number of likely N-dealkylation sites (tertiary alicyclic amines) is 1. The molecule has 2 aliphatic rings. The summed E-state index contributed by atoms with van der Waals surface area (Å²) >= 11 is 0. The van der Waals surface area contributed by atoms with Crippen LogP contribution in [0.25, 0.3) is 0 Å². The van der Waals surface area contributed by atoms with Gasteiger partial charge in [-0.25, -0.2) is 13.2 Å². The van der Waals surface area contributed by atoms with Gasteiger partial charge in [-0.05, 0) is 31.4 Å². The first-order valence-electron chi connectivity index (χ1n) is 8.22. The van der Waals surface area contributed by atoms with Crippen LogP contribution in [-0.4, -0.2) is 53.0 Å². The number of amidine groups is 1. The predicted molar refractivity (Wildman–Crippen MR) is 88.5 cm³/mol. The van der Waals surface area contributed by atoms with Crippen molar-refractivity contribution in [1.82, 2.24) is 4.72 Å². The number of carbonyl (C=O) groups is 1. The van der Waals surface area contributed by atoms with Gasteiger partial charge in [0.1, 0.15) is 12.4 Å². The number of fused-ring (bicyclic) bond motifs is 1. The van der Waals surface area contributed by atoms with Crippen LogP contribution in [0.1, 0.15) is 24.8 Å². The summed E-state index contributed by atoms with van der Waals surface area (Å²) in [5.41, 5.74) is 0.557. The van der Waals surface area contributed by atoms with Gasteiger partial charge in [-0.1, -0.05) is 12.1 Å². The lowest BCUT2D eigenvalue weighted by molar-refractivity contribution is -0.897. The van der Waals surface area contributed by atoms with E-state index in [4.69, 9.17) is 4.74 Å². The highest BCUT2D eigenvalue weighted by Gasteiger charge is 2.29. The van der Waals surface area contributed by atoms with Gasteiger partial charge in [0.15, 0.2) is 6.54 Å². The summed E-state index contributed by atoms with van der Waals surface area (Å²) in [4.78, 5) is 17.5. The number of esters is 1. The molecule has 24 heavy (non-hydrogen) atoms. The Bertz CT molecular complexity index is 739. The summed E-state index contributed by atoms with van der Waals surface area (Å²) < 4.78 is 31.5. The fraction of sp³-hybridized carbons (Fsp3) is 0.500. The first-order valence-corrected chi connectivity index (χ1v) is 9.70. The van der Waals surface area contributed by atoms with Crippen molar-refractivity contribution in [3.63, 3.8) is 0 Å². The monoisotopic (exact) mass is 352 g/mol. The minimum absolute atomic E-state index is 0.152. The number of nitrogens with one attached hydrogen (secondary N) is 2. The summed E-state index contributed by atoms with van der Waals surface area (Å²) in [7, 11) is -3.52. The quantitative estimate of drug-likeness (QED) is 0.544. The van der Waals surface area contributed by atoms with Gasteiger partial charge >= 0.3 is 5.97 Å². The minimum atomic E-state index is -3.52. The summed E-state index contributed by atoms with van der Waals surface area (Å²) in [5.74, 6) is 0.0859. The summed E-state index contributed by atoms with van der Waals surface area (Å²) in [5, 5.41) is 0. The average molecular weight is 352 g/mol. The Hall–Kier alpha value is -1.93. The fourth-order valence-corrected chi connectivity index (χ4v) is 4.30. The number of rotatable bonds is 5. The number of benzene rings is 1. The van der Waals surface area contributed by atoms with Gasteiger partial charge in [0, 0.05) is 5.56 Å². The highest BCUT2D eigenvalue weighted by Crippen LogP contribution is 2.21. The van der Waals surface area contributed by atoms with Crippen LogP contribution in [0.5, 0.6) is 0 Å². The minimum Gasteiger partial charge on any atom is -0.460 e. The smallest absolute Gasteiger partial charge is 0.361 e. The molecule has 0 aliphatic carbocycles. The van der Waals surface area contributed by atoms with Crippen LogP contribution in [0.3, 0.4) is 0 Å². The van der Waals surface area contributed by atoms with Gasteiger partial charge in [-0.2, -0.15) is 0 Å². The van der Waals surface area contributed by atoms with E-state index in [9.17, 15) is 13.2 Å². The van der Waals surface area contributed by atoms with Crippen LogP contribution in [0.15, 0.2) is 34.2 Å². The molecule has 0 spiro atoms. The molecule has 0 aromatic heterocycles. The van der Waals surface area contributed by atoms with Gasteiger partial charge in [0.2, 0.25) is 0 Å². The van der Waals surface area contributed by atoms with Crippen molar-refractivity contribution in [3.8, 4) is 0 Å². The van der Waals surface area contributed by atoms with Crippen molar-refractivity contribution < 1.29 is 22.8 Å². The molecule has 0 atom stereocenters. The number of hydrogen-bond acceptors (Lipinski definition) is 5. The standard InChI is InChI=1S/C16H21N3O4S/c20-15(12-19-9-4-1-5-10-19)23-11-8-17-16-13-6-2-3-7-14(13)24(21,22)18-16/h2-3,6-7H,1,4-5,8-12H2,(H,17,18)/p+1. The zero-order valence-electron chi connectivity index (χ0n) is 13.5. The third-order valence-corrected chi connectivity index (χ3v) is 5.64. The van der Waals surface area contributed by atoms with E-state index in [1.54, 1.807) is 24.3 Å². The Morgan fingerprint density at radius 2 is 1.96 bits per heavy atom. The number of piperidine rings is 1. The summed E-state index contributed by atoms with van der Waals surface area (Å²) in [6.07, 6.45) is 3.57. The van der Waals surface area contributed by atoms with Crippen molar-refractivity contribution in [3.05, 3.63) is 29.8 Å². The molecule has 130 valence electrons. The maximum atomic E-state index is 11.9. The Kier molecular flexibility index (Phi) is 5.15. The van der Waals surface area contributed by atoms with E-state index in [0.717, 1.165) is 25.9 Å². The number of carbonyl (C=O) groups excluding carboxylic acids is 1. The second kappa shape index (κ2) is 7.31. The summed E-state index contributed by atoms with van der Waals surface area (Å²) in [6.45, 7) is 2.82. The molecule has 0 radical (unpaired) electrons. The van der Waals surface area contributed by atoms with E-state index >= 15 is 0 Å². The first-order chi connectivity index (χ1) is 11.6. The molecule has 2 N–H and O–H groups in total. The molecule has 0 bridgehead atoms. The Balaban J connectivity index is 1.49. The Morgan fingerprint density at radius 1 is 1.21 bits per heavy atom. The van der Waals surface area contributed by atoms with Crippen LogP contribution >= 0.6 is 0 Å². The molecule has 3 rings (SSSR count). The van der Waals surface area contributed by atoms with Gasteiger partial charge < -0.3 is 9.64 Å². The second-order valence-electron chi connectivity index (χ2n) is 6.04. The molecule has 0 saturated carbocycles.